The molecule has 5 heteroatoms. The van der Waals surface area contributed by atoms with E-state index < -0.39 is 0 Å². The molecular weight excluding hydrogens is 288 g/mol. The molecule has 2 amide bonds. The highest BCUT2D eigenvalue weighted by atomic mass is 16.2. The third kappa shape index (κ3) is 4.44. The SMILES string of the molecule is CC1CCCN(CCCNC(=O)N2CC(c3ccccn3)C2)C1. The zero-order chi connectivity index (χ0) is 16.1. The lowest BCUT2D eigenvalue weighted by molar-refractivity contribution is 0.148. The van der Waals surface area contributed by atoms with E-state index in [0.717, 1.165) is 44.2 Å². The van der Waals surface area contributed by atoms with Crippen molar-refractivity contribution in [2.45, 2.75) is 32.1 Å². The second-order valence-corrected chi connectivity index (χ2v) is 6.99. The minimum Gasteiger partial charge on any atom is -0.338 e. The zero-order valence-electron chi connectivity index (χ0n) is 14.1. The van der Waals surface area contributed by atoms with Gasteiger partial charge in [-0.15, -0.1) is 0 Å². The first-order chi connectivity index (χ1) is 11.2. The van der Waals surface area contributed by atoms with E-state index in [4.69, 9.17) is 0 Å². The lowest BCUT2D eigenvalue weighted by atomic mass is 9.96. The van der Waals surface area contributed by atoms with E-state index in [0.29, 0.717) is 5.92 Å². The van der Waals surface area contributed by atoms with E-state index in [1.165, 1.54) is 25.9 Å². The van der Waals surface area contributed by atoms with Crippen molar-refractivity contribution in [3.8, 4) is 0 Å². The van der Waals surface area contributed by atoms with E-state index in [1.807, 2.05) is 29.3 Å². The van der Waals surface area contributed by atoms with Gasteiger partial charge in [0.1, 0.15) is 0 Å². The van der Waals surface area contributed by atoms with Crippen molar-refractivity contribution >= 4 is 6.03 Å². The number of amides is 2. The molecule has 3 heterocycles. The second-order valence-electron chi connectivity index (χ2n) is 6.99. The van der Waals surface area contributed by atoms with Crippen LogP contribution >= 0.6 is 0 Å². The van der Waals surface area contributed by atoms with Crippen molar-refractivity contribution in [2.75, 3.05) is 39.3 Å². The summed E-state index contributed by atoms with van der Waals surface area (Å²) in [6.07, 6.45) is 5.53. The Morgan fingerprint density at radius 2 is 2.22 bits per heavy atom. The van der Waals surface area contributed by atoms with Gasteiger partial charge >= 0.3 is 6.03 Å². The number of likely N-dealkylation sites (tertiary alicyclic amines) is 2. The molecule has 5 nitrogen and oxygen atoms in total. The van der Waals surface area contributed by atoms with E-state index in [9.17, 15) is 4.79 Å². The number of nitrogens with one attached hydrogen (secondary N) is 1. The number of carbonyl (C=O) groups is 1. The molecule has 126 valence electrons. The van der Waals surface area contributed by atoms with Crippen molar-refractivity contribution in [3.05, 3.63) is 30.1 Å². The van der Waals surface area contributed by atoms with Gasteiger partial charge in [0.2, 0.25) is 0 Å². The number of nitrogens with zero attached hydrogens (tertiary/aromatic N) is 3. The van der Waals surface area contributed by atoms with E-state index >= 15 is 0 Å². The van der Waals surface area contributed by atoms with Crippen LogP contribution in [0.3, 0.4) is 0 Å². The smallest absolute Gasteiger partial charge is 0.317 e. The number of hydrogen-bond acceptors (Lipinski definition) is 3. The maximum absolute atomic E-state index is 12.1. The van der Waals surface area contributed by atoms with Crippen LogP contribution < -0.4 is 5.32 Å². The summed E-state index contributed by atoms with van der Waals surface area (Å²) in [6.45, 7) is 8.20. The van der Waals surface area contributed by atoms with Gasteiger partial charge in [0, 0.05) is 44.0 Å². The molecule has 0 saturated carbocycles. The summed E-state index contributed by atoms with van der Waals surface area (Å²) in [7, 11) is 0. The minimum atomic E-state index is 0.0733. The van der Waals surface area contributed by atoms with Gasteiger partial charge in [-0.25, -0.2) is 4.79 Å². The highest BCUT2D eigenvalue weighted by molar-refractivity contribution is 5.75. The number of piperidine rings is 1. The fourth-order valence-corrected chi connectivity index (χ4v) is 3.55. The van der Waals surface area contributed by atoms with Gasteiger partial charge in [-0.3, -0.25) is 4.98 Å². The van der Waals surface area contributed by atoms with Crippen LogP contribution in [0.25, 0.3) is 0 Å². The first-order valence-electron chi connectivity index (χ1n) is 8.88. The molecule has 2 fully saturated rings. The van der Waals surface area contributed by atoms with Gasteiger partial charge in [-0.05, 0) is 50.4 Å². The molecule has 3 rings (SSSR count). The number of aromatic nitrogens is 1. The lowest BCUT2D eigenvalue weighted by Gasteiger charge is -2.38. The quantitative estimate of drug-likeness (QED) is 0.848. The Morgan fingerprint density at radius 3 is 2.96 bits per heavy atom. The Labute approximate surface area is 139 Å². The molecule has 0 spiro atoms. The van der Waals surface area contributed by atoms with Gasteiger partial charge in [0.05, 0.1) is 0 Å². The predicted molar refractivity (Wildman–Crippen MR) is 91.4 cm³/mol. The Morgan fingerprint density at radius 1 is 1.35 bits per heavy atom. The van der Waals surface area contributed by atoms with Gasteiger partial charge in [-0.1, -0.05) is 13.0 Å². The predicted octanol–water partition coefficient (Wildman–Crippen LogP) is 2.31. The number of pyridine rings is 1. The molecule has 23 heavy (non-hydrogen) atoms. The van der Waals surface area contributed by atoms with Gasteiger partial charge in [-0.2, -0.15) is 0 Å². The molecule has 1 N–H and O–H groups in total. The van der Waals surface area contributed by atoms with Crippen LogP contribution in [-0.4, -0.2) is 60.1 Å². The third-order valence-corrected chi connectivity index (χ3v) is 4.94. The summed E-state index contributed by atoms with van der Waals surface area (Å²) < 4.78 is 0. The highest BCUT2D eigenvalue weighted by Gasteiger charge is 2.32. The molecule has 0 aromatic carbocycles. The summed E-state index contributed by atoms with van der Waals surface area (Å²) in [4.78, 5) is 20.9. The Balaban J connectivity index is 1.29. The van der Waals surface area contributed by atoms with Crippen LogP contribution in [0.4, 0.5) is 4.79 Å². The standard InChI is InChI=1S/C18H28N4O/c1-15-6-4-10-21(12-15)11-5-9-20-18(23)22-13-16(14-22)17-7-2-3-8-19-17/h2-3,7-8,15-16H,4-6,9-14H2,1H3,(H,20,23). The third-order valence-electron chi connectivity index (χ3n) is 4.94. The fourth-order valence-electron chi connectivity index (χ4n) is 3.55. The summed E-state index contributed by atoms with van der Waals surface area (Å²) in [5.74, 6) is 1.22. The monoisotopic (exact) mass is 316 g/mol. The van der Waals surface area contributed by atoms with Crippen LogP contribution in [0, 0.1) is 5.92 Å². The molecule has 1 unspecified atom stereocenters. The highest BCUT2D eigenvalue weighted by Crippen LogP contribution is 2.24. The van der Waals surface area contributed by atoms with Gasteiger partial charge in [0.25, 0.3) is 0 Å². The van der Waals surface area contributed by atoms with Crippen molar-refractivity contribution in [3.63, 3.8) is 0 Å². The Bertz CT molecular complexity index is 501. The molecule has 0 radical (unpaired) electrons. The first kappa shape index (κ1) is 16.2. The molecule has 2 saturated heterocycles. The van der Waals surface area contributed by atoms with Crippen LogP contribution in [0.15, 0.2) is 24.4 Å². The van der Waals surface area contributed by atoms with E-state index in [2.05, 4.69) is 22.1 Å². The summed E-state index contributed by atoms with van der Waals surface area (Å²) in [5, 5.41) is 3.05. The maximum atomic E-state index is 12.1. The zero-order valence-corrected chi connectivity index (χ0v) is 14.1. The lowest BCUT2D eigenvalue weighted by Crippen LogP contribution is -2.53. The second kappa shape index (κ2) is 7.77. The van der Waals surface area contributed by atoms with Gasteiger partial charge in [0.15, 0.2) is 0 Å². The largest absolute Gasteiger partial charge is 0.338 e. The van der Waals surface area contributed by atoms with E-state index in [1.54, 1.807) is 0 Å². The topological polar surface area (TPSA) is 48.5 Å². The molecular formula is C18H28N4O. The van der Waals surface area contributed by atoms with Crippen molar-refractivity contribution in [1.82, 2.24) is 20.1 Å². The number of urea groups is 1. The maximum Gasteiger partial charge on any atom is 0.317 e. The Hall–Kier alpha value is -1.62. The summed E-state index contributed by atoms with van der Waals surface area (Å²) in [6, 6.07) is 6.05. The van der Waals surface area contributed by atoms with Gasteiger partial charge < -0.3 is 15.1 Å². The van der Waals surface area contributed by atoms with Crippen LogP contribution in [-0.2, 0) is 0 Å². The molecule has 0 bridgehead atoms. The van der Waals surface area contributed by atoms with Crippen molar-refractivity contribution in [2.24, 2.45) is 5.92 Å². The molecule has 1 aromatic heterocycles. The Kier molecular flexibility index (Phi) is 5.49. The number of rotatable bonds is 5. The molecule has 1 aromatic rings. The molecule has 2 aliphatic rings. The summed E-state index contributed by atoms with van der Waals surface area (Å²) in [5.41, 5.74) is 1.09. The first-order valence-corrected chi connectivity index (χ1v) is 8.88. The van der Waals surface area contributed by atoms with E-state index in [-0.39, 0.29) is 6.03 Å². The average Bonchev–Trinajstić information content (AvgIpc) is 2.51. The molecule has 1 atom stereocenters. The normalized spacial score (nSPS) is 22.7. The number of hydrogen-bond donors (Lipinski definition) is 1. The van der Waals surface area contributed by atoms with Crippen LogP contribution in [0.1, 0.15) is 37.8 Å². The molecule has 0 aliphatic carbocycles. The van der Waals surface area contributed by atoms with Crippen molar-refractivity contribution in [1.29, 1.82) is 0 Å². The average molecular weight is 316 g/mol. The van der Waals surface area contributed by atoms with Crippen LogP contribution in [0.2, 0.25) is 0 Å². The fraction of sp³-hybridized carbons (Fsp3) is 0.667. The van der Waals surface area contributed by atoms with Crippen molar-refractivity contribution < 1.29 is 4.79 Å². The number of carbonyl (C=O) groups excluding carboxylic acids is 1. The summed E-state index contributed by atoms with van der Waals surface area (Å²) >= 11 is 0. The molecule has 2 aliphatic heterocycles. The minimum absolute atomic E-state index is 0.0733. The van der Waals surface area contributed by atoms with Crippen LogP contribution in [0.5, 0.6) is 0 Å².